The number of carbonyl (C=O) groups excluding carboxylic acids is 2. The molecular formula is C34H23F6N3O2. The molecule has 0 radical (unpaired) electrons. The molecule has 0 atom stereocenters. The Labute approximate surface area is 253 Å². The molecule has 0 saturated carbocycles. The molecule has 1 aromatic heterocycles. The first-order valence-corrected chi connectivity index (χ1v) is 13.5. The second kappa shape index (κ2) is 12.7. The molecule has 4 aromatic carbocycles. The normalized spacial score (nSPS) is 12.0. The van der Waals surface area contributed by atoms with E-state index in [1.807, 2.05) is 30.3 Å². The third-order valence-corrected chi connectivity index (χ3v) is 6.82. The molecule has 0 aliphatic rings. The summed E-state index contributed by atoms with van der Waals surface area (Å²) in [7, 11) is 0. The molecule has 2 amide bonds. The molecule has 5 nitrogen and oxygen atoms in total. The molecule has 0 aliphatic carbocycles. The lowest BCUT2D eigenvalue weighted by Crippen LogP contribution is -2.17. The number of aromatic nitrogens is 1. The van der Waals surface area contributed by atoms with Gasteiger partial charge in [0.1, 0.15) is 0 Å². The van der Waals surface area contributed by atoms with Gasteiger partial charge < -0.3 is 5.32 Å². The van der Waals surface area contributed by atoms with Gasteiger partial charge in [0.2, 0.25) is 6.41 Å². The zero-order valence-electron chi connectivity index (χ0n) is 23.2. The molecule has 5 rings (SSSR count). The number of anilines is 3. The van der Waals surface area contributed by atoms with Crippen LogP contribution in [0.2, 0.25) is 0 Å². The molecule has 5 aromatic rings. The number of nitrogens with one attached hydrogen (secondary N) is 1. The number of amides is 2. The zero-order valence-corrected chi connectivity index (χ0v) is 23.2. The van der Waals surface area contributed by atoms with Gasteiger partial charge in [-0.2, -0.15) is 26.3 Å². The number of fused-ring (bicyclic) bond motifs is 1. The number of carbonyl (C=O) groups is 2. The van der Waals surface area contributed by atoms with E-state index in [0.29, 0.717) is 23.7 Å². The molecule has 228 valence electrons. The molecule has 0 unspecified atom stereocenters. The van der Waals surface area contributed by atoms with Gasteiger partial charge in [-0.05, 0) is 84.1 Å². The first kappa shape index (κ1) is 31.0. The predicted octanol–water partition coefficient (Wildman–Crippen LogP) is 9.08. The van der Waals surface area contributed by atoms with Gasteiger partial charge in [0.15, 0.2) is 0 Å². The van der Waals surface area contributed by atoms with E-state index in [9.17, 15) is 35.9 Å². The van der Waals surface area contributed by atoms with Crippen molar-refractivity contribution in [3.8, 4) is 0 Å². The van der Waals surface area contributed by atoms with Crippen molar-refractivity contribution in [2.45, 2.75) is 18.8 Å². The van der Waals surface area contributed by atoms with Gasteiger partial charge in [-0.3, -0.25) is 19.5 Å². The van der Waals surface area contributed by atoms with Crippen molar-refractivity contribution in [3.05, 3.63) is 137 Å². The third-order valence-electron chi connectivity index (χ3n) is 6.82. The first-order chi connectivity index (χ1) is 21.4. The van der Waals surface area contributed by atoms with Crippen LogP contribution in [0.15, 0.2) is 109 Å². The Bertz CT molecular complexity index is 1900. The van der Waals surface area contributed by atoms with E-state index in [4.69, 9.17) is 0 Å². The molecule has 0 fully saturated rings. The summed E-state index contributed by atoms with van der Waals surface area (Å²) in [5.41, 5.74) is -0.865. The summed E-state index contributed by atoms with van der Waals surface area (Å²) in [4.78, 5) is 30.6. The maximum absolute atomic E-state index is 13.4. The standard InChI is InChI=1S/C34H23F6N3O2/c35-33(36,37)26-10-4-9-24(16-26)32(45)42-29-14-22(6-3-12-28-17-23-7-1-2-8-25(23)20-41-28)15-31(19-29)43(21-44)30-13-5-11-27(18-30)34(38,39)40/h1-5,7-21H,6H2,(H,42,45). The fourth-order valence-corrected chi connectivity index (χ4v) is 4.65. The van der Waals surface area contributed by atoms with Crippen LogP contribution in [0.5, 0.6) is 0 Å². The topological polar surface area (TPSA) is 62.3 Å². The Morgan fingerprint density at radius 3 is 2.16 bits per heavy atom. The van der Waals surface area contributed by atoms with E-state index < -0.39 is 29.4 Å². The van der Waals surface area contributed by atoms with Gasteiger partial charge in [0.05, 0.1) is 22.5 Å². The number of nitrogens with zero attached hydrogens (tertiary/aromatic N) is 2. The lowest BCUT2D eigenvalue weighted by Gasteiger charge is -2.21. The predicted molar refractivity (Wildman–Crippen MR) is 160 cm³/mol. The summed E-state index contributed by atoms with van der Waals surface area (Å²) in [6, 6.07) is 22.1. The van der Waals surface area contributed by atoms with Crippen LogP contribution in [0.3, 0.4) is 0 Å². The highest BCUT2D eigenvalue weighted by molar-refractivity contribution is 6.05. The Morgan fingerprint density at radius 2 is 1.44 bits per heavy atom. The van der Waals surface area contributed by atoms with E-state index in [1.54, 1.807) is 30.5 Å². The fraction of sp³-hybridized carbons (Fsp3) is 0.0882. The molecule has 0 bridgehead atoms. The van der Waals surface area contributed by atoms with Crippen molar-refractivity contribution in [1.82, 2.24) is 4.98 Å². The number of pyridine rings is 1. The maximum atomic E-state index is 13.4. The third kappa shape index (κ3) is 7.56. The Morgan fingerprint density at radius 1 is 0.756 bits per heavy atom. The number of allylic oxidation sites excluding steroid dienone is 1. The van der Waals surface area contributed by atoms with Gasteiger partial charge in [0, 0.05) is 28.5 Å². The van der Waals surface area contributed by atoms with Crippen LogP contribution in [-0.4, -0.2) is 17.3 Å². The summed E-state index contributed by atoms with van der Waals surface area (Å²) >= 11 is 0. The van der Waals surface area contributed by atoms with Crippen molar-refractivity contribution < 1.29 is 35.9 Å². The summed E-state index contributed by atoms with van der Waals surface area (Å²) in [5, 5.41) is 4.49. The van der Waals surface area contributed by atoms with Crippen LogP contribution in [-0.2, 0) is 23.6 Å². The van der Waals surface area contributed by atoms with Crippen molar-refractivity contribution in [1.29, 1.82) is 0 Å². The average Bonchev–Trinajstić information content (AvgIpc) is 3.01. The second-order valence-electron chi connectivity index (χ2n) is 10.0. The van der Waals surface area contributed by atoms with Gasteiger partial charge in [-0.1, -0.05) is 42.5 Å². The summed E-state index contributed by atoms with van der Waals surface area (Å²) in [6.45, 7) is 0. The highest BCUT2D eigenvalue weighted by atomic mass is 19.4. The van der Waals surface area contributed by atoms with Crippen molar-refractivity contribution >= 4 is 46.2 Å². The number of halogens is 6. The number of benzene rings is 4. The van der Waals surface area contributed by atoms with E-state index >= 15 is 0 Å². The minimum Gasteiger partial charge on any atom is -0.322 e. The van der Waals surface area contributed by atoms with Crippen molar-refractivity contribution in [2.75, 3.05) is 10.2 Å². The molecule has 1 heterocycles. The van der Waals surface area contributed by atoms with Crippen LogP contribution >= 0.6 is 0 Å². The molecular weight excluding hydrogens is 596 g/mol. The highest BCUT2D eigenvalue weighted by Crippen LogP contribution is 2.35. The number of alkyl halides is 6. The Hall–Kier alpha value is -5.45. The number of hydrogen-bond acceptors (Lipinski definition) is 3. The number of hydrogen-bond donors (Lipinski definition) is 1. The largest absolute Gasteiger partial charge is 0.416 e. The first-order valence-electron chi connectivity index (χ1n) is 13.5. The quantitative estimate of drug-likeness (QED) is 0.139. The van der Waals surface area contributed by atoms with Crippen molar-refractivity contribution in [2.24, 2.45) is 0 Å². The average molecular weight is 620 g/mol. The monoisotopic (exact) mass is 619 g/mol. The van der Waals surface area contributed by atoms with E-state index in [2.05, 4.69) is 10.3 Å². The van der Waals surface area contributed by atoms with Gasteiger partial charge >= 0.3 is 12.4 Å². The van der Waals surface area contributed by atoms with E-state index in [1.165, 1.54) is 18.2 Å². The van der Waals surface area contributed by atoms with Gasteiger partial charge in [-0.15, -0.1) is 0 Å². The fourth-order valence-electron chi connectivity index (χ4n) is 4.65. The lowest BCUT2D eigenvalue weighted by molar-refractivity contribution is -0.138. The SMILES string of the molecule is O=CN(c1cc(CC=Cc2cc3ccccc3cn2)cc(NC(=O)c2cccc(C(F)(F)F)c2)c1)c1cccc(C(F)(F)F)c1. The van der Waals surface area contributed by atoms with E-state index in [-0.39, 0.29) is 29.0 Å². The molecule has 1 N–H and O–H groups in total. The second-order valence-corrected chi connectivity index (χ2v) is 10.0. The summed E-state index contributed by atoms with van der Waals surface area (Å²) in [5.74, 6) is -0.850. The Balaban J connectivity index is 1.49. The highest BCUT2D eigenvalue weighted by Gasteiger charge is 2.32. The maximum Gasteiger partial charge on any atom is 0.416 e. The summed E-state index contributed by atoms with van der Waals surface area (Å²) < 4.78 is 79.9. The smallest absolute Gasteiger partial charge is 0.322 e. The number of rotatable bonds is 8. The molecule has 11 heteroatoms. The van der Waals surface area contributed by atoms with Gasteiger partial charge in [-0.25, -0.2) is 0 Å². The van der Waals surface area contributed by atoms with Gasteiger partial charge in [0.25, 0.3) is 5.91 Å². The zero-order chi connectivity index (χ0) is 32.2. The van der Waals surface area contributed by atoms with Crippen molar-refractivity contribution in [3.63, 3.8) is 0 Å². The molecule has 0 aliphatic heterocycles. The van der Waals surface area contributed by atoms with Crippen LogP contribution in [0.1, 0.15) is 32.7 Å². The van der Waals surface area contributed by atoms with E-state index in [0.717, 1.165) is 46.0 Å². The minimum absolute atomic E-state index is 0.0805. The Kier molecular flexibility index (Phi) is 8.71. The van der Waals surface area contributed by atoms with Crippen LogP contribution < -0.4 is 10.2 Å². The molecule has 45 heavy (non-hydrogen) atoms. The van der Waals surface area contributed by atoms with Crippen LogP contribution in [0.4, 0.5) is 43.4 Å². The lowest BCUT2D eigenvalue weighted by atomic mass is 10.1. The van der Waals surface area contributed by atoms with Crippen LogP contribution in [0.25, 0.3) is 16.8 Å². The molecule has 0 saturated heterocycles. The molecule has 0 spiro atoms. The summed E-state index contributed by atoms with van der Waals surface area (Å²) in [6.07, 6.45) is -3.45. The van der Waals surface area contributed by atoms with Crippen LogP contribution in [0, 0.1) is 0 Å². The minimum atomic E-state index is -4.66.